The maximum absolute atomic E-state index is 11.0. The van der Waals surface area contributed by atoms with Crippen LogP contribution in [0, 0.1) is 0 Å². The van der Waals surface area contributed by atoms with Crippen LogP contribution in [0.4, 0.5) is 0 Å². The molecule has 0 aromatic heterocycles. The van der Waals surface area contributed by atoms with Crippen molar-refractivity contribution in [1.82, 2.24) is 0 Å². The fraction of sp³-hybridized carbons (Fsp3) is 0.167. The third-order valence-electron chi connectivity index (χ3n) is 2.62. The van der Waals surface area contributed by atoms with E-state index in [1.54, 1.807) is 36.4 Å². The highest BCUT2D eigenvalue weighted by Gasteiger charge is 1.99. The minimum atomic E-state index is -0.370. The van der Waals surface area contributed by atoms with Crippen LogP contribution in [0.25, 0.3) is 6.08 Å². The van der Waals surface area contributed by atoms with Crippen molar-refractivity contribution in [3.05, 3.63) is 66.0 Å². The average molecular weight is 300 g/mol. The Hall–Kier alpha value is -2.75. The fourth-order valence-corrected chi connectivity index (χ4v) is 1.69. The summed E-state index contributed by atoms with van der Waals surface area (Å²) in [5.41, 5.74) is 1.59. The van der Waals surface area contributed by atoms with Crippen LogP contribution >= 0.6 is 0 Å². The molecule has 0 unspecified atom stereocenters. The first kappa shape index (κ1) is 17.3. The quantitative estimate of drug-likeness (QED) is 0.359. The smallest absolute Gasteiger partial charge is 0.307 e. The first-order chi connectivity index (χ1) is 10.4. The van der Waals surface area contributed by atoms with E-state index in [2.05, 4.69) is 6.58 Å². The maximum atomic E-state index is 11.0. The van der Waals surface area contributed by atoms with Crippen molar-refractivity contribution < 1.29 is 19.7 Å². The van der Waals surface area contributed by atoms with Crippen molar-refractivity contribution in [2.45, 2.75) is 20.3 Å². The minimum Gasteiger partial charge on any atom is -0.508 e. The van der Waals surface area contributed by atoms with Gasteiger partial charge in [0.25, 0.3) is 0 Å². The Kier molecular flexibility index (Phi) is 6.70. The molecule has 0 atom stereocenters. The summed E-state index contributed by atoms with van der Waals surface area (Å²) < 4.78 is 5.05. The van der Waals surface area contributed by atoms with Crippen LogP contribution in [0.3, 0.4) is 0 Å². The van der Waals surface area contributed by atoms with Crippen LogP contribution in [0.5, 0.6) is 11.5 Å². The molecule has 0 bridgehead atoms. The molecule has 4 nitrogen and oxygen atoms in total. The van der Waals surface area contributed by atoms with E-state index in [0.29, 0.717) is 17.7 Å². The molecule has 0 saturated carbocycles. The normalized spacial score (nSPS) is 12.5. The Morgan fingerprint density at radius 1 is 1.18 bits per heavy atom. The second kappa shape index (κ2) is 8.52. The second-order valence-corrected chi connectivity index (χ2v) is 4.75. The van der Waals surface area contributed by atoms with Gasteiger partial charge in [-0.25, -0.2) is 0 Å². The van der Waals surface area contributed by atoms with Gasteiger partial charge in [-0.05, 0) is 30.7 Å². The van der Waals surface area contributed by atoms with Crippen LogP contribution in [0.15, 0.2) is 60.4 Å². The molecule has 116 valence electrons. The van der Waals surface area contributed by atoms with Crippen molar-refractivity contribution in [3.63, 3.8) is 0 Å². The van der Waals surface area contributed by atoms with Crippen LogP contribution < -0.4 is 0 Å². The third kappa shape index (κ3) is 6.61. The maximum Gasteiger partial charge on any atom is 0.307 e. The van der Waals surface area contributed by atoms with Crippen molar-refractivity contribution in [3.8, 4) is 11.5 Å². The highest BCUT2D eigenvalue weighted by Crippen LogP contribution is 2.21. The van der Waals surface area contributed by atoms with Crippen LogP contribution in [0.2, 0.25) is 0 Å². The first-order valence-electron chi connectivity index (χ1n) is 6.78. The molecule has 0 radical (unpaired) electrons. The number of phenolic OH excluding ortho intramolecular Hbond substituents is 2. The number of esters is 1. The number of phenols is 2. The number of benzene rings is 1. The van der Waals surface area contributed by atoms with Crippen molar-refractivity contribution in [2.75, 3.05) is 0 Å². The van der Waals surface area contributed by atoms with Gasteiger partial charge in [-0.2, -0.15) is 0 Å². The van der Waals surface area contributed by atoms with Gasteiger partial charge in [0, 0.05) is 19.4 Å². The SMILES string of the molecule is C=CC\C(=C/C=C(C)/C=C/c1cc(O)cc(O)c1)OC(C)=O. The molecule has 0 fully saturated rings. The topological polar surface area (TPSA) is 66.8 Å². The molecule has 1 aromatic rings. The van der Waals surface area contributed by atoms with Crippen molar-refractivity contribution in [1.29, 1.82) is 0 Å². The Bertz CT molecular complexity index is 616. The molecule has 4 heteroatoms. The monoisotopic (exact) mass is 300 g/mol. The number of carbonyl (C=O) groups is 1. The van der Waals surface area contributed by atoms with E-state index in [9.17, 15) is 15.0 Å². The van der Waals surface area contributed by atoms with Gasteiger partial charge in [0.2, 0.25) is 0 Å². The Morgan fingerprint density at radius 3 is 2.36 bits per heavy atom. The summed E-state index contributed by atoms with van der Waals surface area (Å²) in [7, 11) is 0. The number of aromatic hydroxyl groups is 2. The number of hydrogen-bond donors (Lipinski definition) is 2. The van der Waals surface area contributed by atoms with E-state index in [0.717, 1.165) is 5.57 Å². The molecule has 0 saturated heterocycles. The third-order valence-corrected chi connectivity index (χ3v) is 2.62. The van der Waals surface area contributed by atoms with E-state index in [1.165, 1.54) is 13.0 Å². The summed E-state index contributed by atoms with van der Waals surface area (Å²) in [5, 5.41) is 18.8. The number of allylic oxidation sites excluding steroid dienone is 5. The lowest BCUT2D eigenvalue weighted by Gasteiger charge is -2.02. The zero-order chi connectivity index (χ0) is 16.5. The summed E-state index contributed by atoms with van der Waals surface area (Å²) >= 11 is 0. The molecular formula is C18H20O4. The number of hydrogen-bond acceptors (Lipinski definition) is 4. The average Bonchev–Trinajstić information content (AvgIpc) is 2.41. The van der Waals surface area contributed by atoms with Crippen LogP contribution in [-0.4, -0.2) is 16.2 Å². The van der Waals surface area contributed by atoms with Crippen molar-refractivity contribution >= 4 is 12.0 Å². The van der Waals surface area contributed by atoms with Gasteiger partial charge in [0.1, 0.15) is 17.3 Å². The van der Waals surface area contributed by atoms with E-state index in [4.69, 9.17) is 4.74 Å². The predicted molar refractivity (Wildman–Crippen MR) is 87.2 cm³/mol. The lowest BCUT2D eigenvalue weighted by Crippen LogP contribution is -1.97. The Morgan fingerprint density at radius 2 is 1.82 bits per heavy atom. The number of rotatable bonds is 6. The highest BCUT2D eigenvalue weighted by atomic mass is 16.5. The molecular weight excluding hydrogens is 280 g/mol. The molecule has 0 amide bonds. The van der Waals surface area contributed by atoms with Crippen LogP contribution in [0.1, 0.15) is 25.8 Å². The standard InChI is InChI=1S/C18H20O4/c1-4-5-18(22-14(3)19)9-7-13(2)6-8-15-10-16(20)12-17(21)11-15/h4,6-12,20-21H,1,5H2,2-3H3/b8-6+,13-7+,18-9+. The predicted octanol–water partition coefficient (Wildman–Crippen LogP) is 4.08. The van der Waals surface area contributed by atoms with Gasteiger partial charge in [-0.1, -0.05) is 29.9 Å². The summed E-state index contributed by atoms with van der Waals surface area (Å²) in [4.78, 5) is 11.0. The van der Waals surface area contributed by atoms with E-state index >= 15 is 0 Å². The fourth-order valence-electron chi connectivity index (χ4n) is 1.69. The summed E-state index contributed by atoms with van der Waals surface area (Å²) in [6.07, 6.45) is 9.22. The molecule has 0 aliphatic rings. The Balaban J connectivity index is 2.84. The van der Waals surface area contributed by atoms with Gasteiger partial charge in [-0.15, -0.1) is 6.58 Å². The Labute approximate surface area is 130 Å². The molecule has 1 rings (SSSR count). The van der Waals surface area contributed by atoms with Gasteiger partial charge in [0.05, 0.1) is 0 Å². The van der Waals surface area contributed by atoms with Gasteiger partial charge in [-0.3, -0.25) is 4.79 Å². The summed E-state index contributed by atoms with van der Waals surface area (Å²) in [5.74, 6) is 0.156. The molecule has 0 aliphatic carbocycles. The van der Waals surface area contributed by atoms with E-state index < -0.39 is 0 Å². The zero-order valence-electron chi connectivity index (χ0n) is 12.7. The molecule has 1 aromatic carbocycles. The van der Waals surface area contributed by atoms with Crippen LogP contribution in [-0.2, 0) is 9.53 Å². The molecule has 22 heavy (non-hydrogen) atoms. The summed E-state index contributed by atoms with van der Waals surface area (Å²) in [6.45, 7) is 6.85. The molecule has 0 spiro atoms. The number of ether oxygens (including phenoxy) is 1. The summed E-state index contributed by atoms with van der Waals surface area (Å²) in [6, 6.07) is 4.35. The number of carbonyl (C=O) groups excluding carboxylic acids is 1. The van der Waals surface area contributed by atoms with E-state index in [1.807, 2.05) is 13.0 Å². The highest BCUT2D eigenvalue weighted by molar-refractivity contribution is 5.67. The zero-order valence-corrected chi connectivity index (χ0v) is 12.7. The minimum absolute atomic E-state index is 0.00399. The molecule has 0 aliphatic heterocycles. The second-order valence-electron chi connectivity index (χ2n) is 4.75. The first-order valence-corrected chi connectivity index (χ1v) is 6.78. The molecule has 0 heterocycles. The largest absolute Gasteiger partial charge is 0.508 e. The lowest BCUT2D eigenvalue weighted by molar-refractivity contribution is -0.136. The van der Waals surface area contributed by atoms with Gasteiger partial charge in [0.15, 0.2) is 0 Å². The van der Waals surface area contributed by atoms with Crippen molar-refractivity contribution in [2.24, 2.45) is 0 Å². The van der Waals surface area contributed by atoms with Gasteiger partial charge >= 0.3 is 5.97 Å². The van der Waals surface area contributed by atoms with Gasteiger partial charge < -0.3 is 14.9 Å². The molecule has 2 N–H and O–H groups in total. The lowest BCUT2D eigenvalue weighted by atomic mass is 10.1. The van der Waals surface area contributed by atoms with E-state index in [-0.39, 0.29) is 17.5 Å².